The molecule has 2 unspecified atom stereocenters. The average molecular weight is 287 g/mol. The van der Waals surface area contributed by atoms with E-state index in [1.165, 1.54) is 12.3 Å². The number of halogens is 3. The lowest BCUT2D eigenvalue weighted by Crippen LogP contribution is -2.43. The first-order valence-corrected chi connectivity index (χ1v) is 6.66. The Kier molecular flexibility index (Phi) is 4.95. The van der Waals surface area contributed by atoms with Crippen LogP contribution in [0.2, 0.25) is 0 Å². The summed E-state index contributed by atoms with van der Waals surface area (Å²) >= 11 is 0. The number of piperidine rings is 1. The van der Waals surface area contributed by atoms with Gasteiger partial charge in [-0.15, -0.1) is 6.54 Å². The molecule has 0 radical (unpaired) electrons. The molecule has 7 heteroatoms. The van der Waals surface area contributed by atoms with Gasteiger partial charge in [-0.25, -0.2) is 0 Å². The fourth-order valence-electron chi connectivity index (χ4n) is 2.52. The Morgan fingerprint density at radius 3 is 2.95 bits per heavy atom. The number of rotatable bonds is 4. The highest BCUT2D eigenvalue weighted by atomic mass is 19.4. The minimum absolute atomic E-state index is 0.0670. The predicted octanol–water partition coefficient (Wildman–Crippen LogP) is 2.54. The van der Waals surface area contributed by atoms with Gasteiger partial charge in [0.25, 0.3) is 0 Å². The van der Waals surface area contributed by atoms with Gasteiger partial charge in [0.05, 0.1) is 17.3 Å². The molecule has 0 spiro atoms. The van der Waals surface area contributed by atoms with E-state index in [0.29, 0.717) is 19.5 Å². The minimum atomic E-state index is -4.38. The van der Waals surface area contributed by atoms with E-state index in [1.54, 1.807) is 0 Å². The lowest BCUT2D eigenvalue weighted by atomic mass is 9.94. The van der Waals surface area contributed by atoms with Crippen LogP contribution in [0.5, 0.6) is 0 Å². The monoisotopic (exact) mass is 287 g/mol. The number of hydrogen-bond acceptors (Lipinski definition) is 3. The largest absolute Gasteiger partial charge is 0.676 e. The van der Waals surface area contributed by atoms with Gasteiger partial charge in [-0.3, -0.25) is 4.98 Å². The lowest BCUT2D eigenvalue weighted by molar-refractivity contribution is -0.138. The molecule has 2 heterocycles. The fraction of sp³-hybridized carbons (Fsp3) is 0.615. The zero-order chi connectivity index (χ0) is 14.6. The molecule has 20 heavy (non-hydrogen) atoms. The van der Waals surface area contributed by atoms with Gasteiger partial charge in [-0.05, 0) is 38.1 Å². The summed E-state index contributed by atoms with van der Waals surface area (Å²) in [4.78, 5) is 3.94. The van der Waals surface area contributed by atoms with Crippen LogP contribution in [0.3, 0.4) is 0 Å². The number of nitrogens with zero attached hydrogens (tertiary/aromatic N) is 1. The van der Waals surface area contributed by atoms with E-state index >= 15 is 0 Å². The van der Waals surface area contributed by atoms with E-state index in [4.69, 9.17) is 5.73 Å². The highest BCUT2D eigenvalue weighted by molar-refractivity contribution is 5.26. The number of alkyl halides is 3. The summed E-state index contributed by atoms with van der Waals surface area (Å²) in [5, 5.41) is 6.30. The zero-order valence-corrected chi connectivity index (χ0v) is 11.0. The Hall–Kier alpha value is -1.18. The molecule has 2 rings (SSSR count). The minimum Gasteiger partial charge on any atom is -0.676 e. The first kappa shape index (κ1) is 15.2. The van der Waals surface area contributed by atoms with Gasteiger partial charge in [-0.1, -0.05) is 0 Å². The van der Waals surface area contributed by atoms with E-state index in [9.17, 15) is 13.2 Å². The van der Waals surface area contributed by atoms with Gasteiger partial charge < -0.3 is 16.4 Å². The highest BCUT2D eigenvalue weighted by Gasteiger charge is 2.37. The first-order valence-electron chi connectivity index (χ1n) is 6.66. The van der Waals surface area contributed by atoms with E-state index in [2.05, 4.69) is 15.6 Å². The van der Waals surface area contributed by atoms with Crippen molar-refractivity contribution in [3.05, 3.63) is 35.3 Å². The van der Waals surface area contributed by atoms with Gasteiger partial charge >= 0.3 is 6.18 Å². The predicted molar refractivity (Wildman–Crippen MR) is 70.2 cm³/mol. The van der Waals surface area contributed by atoms with Crippen LogP contribution >= 0.6 is 0 Å². The molecular formula is C13H18F3N4-. The van der Waals surface area contributed by atoms with Crippen molar-refractivity contribution in [2.45, 2.75) is 31.1 Å². The Morgan fingerprint density at radius 2 is 2.25 bits per heavy atom. The molecule has 112 valence electrons. The van der Waals surface area contributed by atoms with Crippen molar-refractivity contribution in [1.82, 2.24) is 15.6 Å². The SMILES string of the molecule is [NH-]CCNC1CCNC(c2ncccc2C(F)(F)F)C1. The number of pyridine rings is 1. The second kappa shape index (κ2) is 6.51. The molecule has 0 aromatic carbocycles. The van der Waals surface area contributed by atoms with Crippen molar-refractivity contribution in [1.29, 1.82) is 0 Å². The van der Waals surface area contributed by atoms with E-state index in [-0.39, 0.29) is 18.3 Å². The van der Waals surface area contributed by atoms with E-state index in [1.807, 2.05) is 0 Å². The third-order valence-corrected chi connectivity index (χ3v) is 3.44. The molecule has 1 saturated heterocycles. The average Bonchev–Trinajstić information content (AvgIpc) is 2.44. The Balaban J connectivity index is 2.15. The molecule has 1 fully saturated rings. The number of hydrogen-bond donors (Lipinski definition) is 2. The third-order valence-electron chi connectivity index (χ3n) is 3.44. The smallest absolute Gasteiger partial charge is 0.418 e. The highest BCUT2D eigenvalue weighted by Crippen LogP contribution is 2.35. The van der Waals surface area contributed by atoms with Gasteiger partial charge in [0.1, 0.15) is 0 Å². The van der Waals surface area contributed by atoms with Crippen LogP contribution in [0.1, 0.15) is 30.1 Å². The second-order valence-electron chi connectivity index (χ2n) is 4.87. The van der Waals surface area contributed by atoms with Crippen molar-refractivity contribution < 1.29 is 13.2 Å². The quantitative estimate of drug-likeness (QED) is 0.894. The van der Waals surface area contributed by atoms with Gasteiger partial charge in [0.2, 0.25) is 0 Å². The van der Waals surface area contributed by atoms with Crippen LogP contribution in [-0.4, -0.2) is 30.7 Å². The third kappa shape index (κ3) is 3.68. The van der Waals surface area contributed by atoms with Crippen LogP contribution in [0.15, 0.2) is 18.3 Å². The lowest BCUT2D eigenvalue weighted by Gasteiger charge is -2.32. The van der Waals surface area contributed by atoms with Crippen molar-refractivity contribution >= 4 is 0 Å². The van der Waals surface area contributed by atoms with Gasteiger partial charge in [0.15, 0.2) is 0 Å². The normalized spacial score (nSPS) is 23.8. The summed E-state index contributed by atoms with van der Waals surface area (Å²) in [6, 6.07) is 2.12. The maximum absolute atomic E-state index is 13.0. The van der Waals surface area contributed by atoms with E-state index in [0.717, 1.165) is 12.5 Å². The summed E-state index contributed by atoms with van der Waals surface area (Å²) in [6.45, 7) is 1.48. The molecule has 1 aliphatic heterocycles. The van der Waals surface area contributed by atoms with E-state index < -0.39 is 17.8 Å². The van der Waals surface area contributed by atoms with Crippen LogP contribution in [-0.2, 0) is 6.18 Å². The van der Waals surface area contributed by atoms with Crippen molar-refractivity contribution in [2.75, 3.05) is 19.6 Å². The molecule has 1 aromatic heterocycles. The maximum atomic E-state index is 13.0. The first-order chi connectivity index (χ1) is 9.52. The van der Waals surface area contributed by atoms with Crippen molar-refractivity contribution in [2.24, 2.45) is 0 Å². The summed E-state index contributed by atoms with van der Waals surface area (Å²) in [7, 11) is 0. The molecule has 3 N–H and O–H groups in total. The number of aromatic nitrogens is 1. The van der Waals surface area contributed by atoms with Gasteiger partial charge in [-0.2, -0.15) is 13.2 Å². The Bertz CT molecular complexity index is 436. The summed E-state index contributed by atoms with van der Waals surface area (Å²) < 4.78 is 39.0. The number of nitrogens with one attached hydrogen (secondary N) is 3. The fourth-order valence-corrected chi connectivity index (χ4v) is 2.52. The zero-order valence-electron chi connectivity index (χ0n) is 11.0. The summed E-state index contributed by atoms with van der Waals surface area (Å²) in [6.07, 6.45) is -1.58. The molecule has 0 bridgehead atoms. The molecule has 0 aliphatic carbocycles. The molecule has 0 saturated carbocycles. The Labute approximate surface area is 116 Å². The standard InChI is InChI=1S/C13H18F3N4/c14-13(15,16)10-2-1-5-20-12(10)11-8-9(3-6-19-11)18-7-4-17/h1-2,5,9,11,17-19H,3-4,6-8H2/q-1. The van der Waals surface area contributed by atoms with Crippen LogP contribution in [0.4, 0.5) is 13.2 Å². The van der Waals surface area contributed by atoms with Crippen LogP contribution in [0.25, 0.3) is 5.73 Å². The Morgan fingerprint density at radius 1 is 1.45 bits per heavy atom. The topological polar surface area (TPSA) is 60.8 Å². The van der Waals surface area contributed by atoms with Crippen molar-refractivity contribution in [3.8, 4) is 0 Å². The van der Waals surface area contributed by atoms with Gasteiger partial charge in [0, 0.05) is 12.2 Å². The van der Waals surface area contributed by atoms with Crippen LogP contribution in [0, 0.1) is 0 Å². The maximum Gasteiger partial charge on any atom is 0.418 e. The summed E-state index contributed by atoms with van der Waals surface area (Å²) in [5.74, 6) is 0. The molecule has 0 amide bonds. The molecular weight excluding hydrogens is 269 g/mol. The second-order valence-corrected chi connectivity index (χ2v) is 4.87. The molecule has 4 nitrogen and oxygen atoms in total. The molecule has 1 aromatic rings. The van der Waals surface area contributed by atoms with Crippen LogP contribution < -0.4 is 10.6 Å². The van der Waals surface area contributed by atoms with Crippen molar-refractivity contribution in [3.63, 3.8) is 0 Å². The summed E-state index contributed by atoms with van der Waals surface area (Å²) in [5.41, 5.74) is 6.51. The molecule has 2 atom stereocenters. The molecule has 1 aliphatic rings.